The fourth-order valence-corrected chi connectivity index (χ4v) is 3.47. The lowest BCUT2D eigenvalue weighted by molar-refractivity contribution is -0.0152. The van der Waals surface area contributed by atoms with E-state index in [4.69, 9.17) is 4.74 Å². The number of thiophene rings is 1. The molecular formula is C16H17N5O2S. The lowest BCUT2D eigenvalue weighted by Crippen LogP contribution is -2.47. The molecule has 1 fully saturated rings. The zero-order valence-corrected chi connectivity index (χ0v) is 13.8. The summed E-state index contributed by atoms with van der Waals surface area (Å²) < 4.78 is 7.64. The molecule has 1 aliphatic heterocycles. The minimum atomic E-state index is -0.105. The number of pyridine rings is 1. The van der Waals surface area contributed by atoms with Crippen molar-refractivity contribution in [2.45, 2.75) is 12.6 Å². The van der Waals surface area contributed by atoms with Crippen molar-refractivity contribution < 1.29 is 9.53 Å². The van der Waals surface area contributed by atoms with Crippen molar-refractivity contribution in [3.8, 4) is 0 Å². The number of morpholine rings is 1. The summed E-state index contributed by atoms with van der Waals surface area (Å²) in [7, 11) is 0. The average molecular weight is 343 g/mol. The van der Waals surface area contributed by atoms with Crippen LogP contribution in [0, 0.1) is 0 Å². The highest BCUT2D eigenvalue weighted by atomic mass is 32.1. The minimum absolute atomic E-state index is 0.0512. The van der Waals surface area contributed by atoms with Gasteiger partial charge in [0.15, 0.2) is 11.5 Å². The zero-order chi connectivity index (χ0) is 16.4. The van der Waals surface area contributed by atoms with Gasteiger partial charge in [-0.2, -0.15) is 11.3 Å². The maximum Gasteiger partial charge on any atom is 0.317 e. The maximum atomic E-state index is 12.4. The molecule has 2 amide bonds. The van der Waals surface area contributed by atoms with Crippen molar-refractivity contribution in [2.24, 2.45) is 0 Å². The number of urea groups is 1. The lowest BCUT2D eigenvalue weighted by atomic mass is 10.1. The molecule has 7 nitrogen and oxygen atoms in total. The van der Waals surface area contributed by atoms with Crippen molar-refractivity contribution >= 4 is 23.0 Å². The highest BCUT2D eigenvalue weighted by Crippen LogP contribution is 2.24. The molecule has 3 aromatic rings. The first-order valence-corrected chi connectivity index (χ1v) is 8.70. The van der Waals surface area contributed by atoms with E-state index in [1.165, 1.54) is 0 Å². The van der Waals surface area contributed by atoms with Crippen LogP contribution in [0.5, 0.6) is 0 Å². The van der Waals surface area contributed by atoms with Crippen LogP contribution in [-0.2, 0) is 11.3 Å². The number of hydrogen-bond acceptors (Lipinski definition) is 5. The summed E-state index contributed by atoms with van der Waals surface area (Å²) in [6, 6.07) is 7.64. The average Bonchev–Trinajstić information content (AvgIpc) is 3.30. The minimum Gasteiger partial charge on any atom is -0.370 e. The van der Waals surface area contributed by atoms with Gasteiger partial charge in [-0.25, -0.2) is 4.79 Å². The first-order valence-electron chi connectivity index (χ1n) is 7.76. The summed E-state index contributed by atoms with van der Waals surface area (Å²) in [6.07, 6.45) is 1.84. The second-order valence-electron chi connectivity index (χ2n) is 5.57. The first-order chi connectivity index (χ1) is 11.8. The third-order valence-electron chi connectivity index (χ3n) is 4.05. The molecule has 0 spiro atoms. The molecule has 4 rings (SSSR count). The van der Waals surface area contributed by atoms with Crippen LogP contribution in [0.1, 0.15) is 17.5 Å². The Hall–Kier alpha value is -2.45. The van der Waals surface area contributed by atoms with Crippen LogP contribution in [0.2, 0.25) is 0 Å². The Bertz CT molecular complexity index is 832. The van der Waals surface area contributed by atoms with Gasteiger partial charge >= 0.3 is 6.03 Å². The molecule has 0 aromatic carbocycles. The Balaban J connectivity index is 1.39. The molecule has 3 aromatic heterocycles. The second kappa shape index (κ2) is 6.58. The van der Waals surface area contributed by atoms with Crippen LogP contribution in [0.25, 0.3) is 5.65 Å². The quantitative estimate of drug-likeness (QED) is 0.790. The van der Waals surface area contributed by atoms with E-state index in [1.807, 2.05) is 40.2 Å². The number of carbonyl (C=O) groups excluding carboxylic acids is 1. The summed E-state index contributed by atoms with van der Waals surface area (Å²) in [5.74, 6) is 0.710. The van der Waals surface area contributed by atoms with Crippen LogP contribution >= 0.6 is 11.3 Å². The Morgan fingerprint density at radius 1 is 1.38 bits per heavy atom. The van der Waals surface area contributed by atoms with E-state index in [0.29, 0.717) is 32.1 Å². The Labute approximate surface area is 142 Å². The molecule has 124 valence electrons. The number of amides is 2. The molecule has 1 atom stereocenters. The standard InChI is InChI=1S/C16H17N5O2S/c22-16(17-9-15-19-18-14-3-1-2-5-21(14)15)20-6-7-23-13(10-20)12-4-8-24-11-12/h1-5,8,11,13H,6-7,9-10H2,(H,17,22). The van der Waals surface area contributed by atoms with Gasteiger partial charge in [0, 0.05) is 12.7 Å². The fourth-order valence-electron chi connectivity index (χ4n) is 2.77. The van der Waals surface area contributed by atoms with E-state index in [1.54, 1.807) is 16.2 Å². The highest BCUT2D eigenvalue weighted by Gasteiger charge is 2.25. The number of nitrogens with zero attached hydrogens (tertiary/aromatic N) is 4. The summed E-state index contributed by atoms with van der Waals surface area (Å²) >= 11 is 1.64. The number of carbonyl (C=O) groups is 1. The molecule has 0 aliphatic carbocycles. The van der Waals surface area contributed by atoms with E-state index < -0.39 is 0 Å². The van der Waals surface area contributed by atoms with Gasteiger partial charge in [0.2, 0.25) is 0 Å². The van der Waals surface area contributed by atoms with Crippen molar-refractivity contribution in [1.82, 2.24) is 24.8 Å². The Morgan fingerprint density at radius 3 is 3.21 bits per heavy atom. The lowest BCUT2D eigenvalue weighted by Gasteiger charge is -2.32. The van der Waals surface area contributed by atoms with Crippen LogP contribution in [0.3, 0.4) is 0 Å². The molecule has 1 N–H and O–H groups in total. The fraction of sp³-hybridized carbons (Fsp3) is 0.312. The van der Waals surface area contributed by atoms with Gasteiger partial charge in [0.05, 0.1) is 19.7 Å². The first kappa shape index (κ1) is 15.1. The molecule has 1 saturated heterocycles. The molecule has 4 heterocycles. The zero-order valence-electron chi connectivity index (χ0n) is 13.0. The van der Waals surface area contributed by atoms with E-state index in [0.717, 1.165) is 11.2 Å². The predicted octanol–water partition coefficient (Wildman–Crippen LogP) is 2.07. The van der Waals surface area contributed by atoms with Gasteiger partial charge < -0.3 is 15.0 Å². The summed E-state index contributed by atoms with van der Waals surface area (Å²) in [5, 5.41) is 15.2. The monoisotopic (exact) mass is 343 g/mol. The third-order valence-corrected chi connectivity index (χ3v) is 4.75. The number of rotatable bonds is 3. The molecule has 1 unspecified atom stereocenters. The van der Waals surface area contributed by atoms with E-state index in [9.17, 15) is 4.79 Å². The molecule has 0 bridgehead atoms. The largest absolute Gasteiger partial charge is 0.370 e. The molecule has 1 aliphatic rings. The smallest absolute Gasteiger partial charge is 0.317 e. The number of ether oxygens (including phenoxy) is 1. The van der Waals surface area contributed by atoms with Crippen LogP contribution < -0.4 is 5.32 Å². The Kier molecular flexibility index (Phi) is 4.14. The SMILES string of the molecule is O=C(NCc1nnc2ccccn12)N1CCOC(c2ccsc2)C1. The van der Waals surface area contributed by atoms with E-state index >= 15 is 0 Å². The van der Waals surface area contributed by atoms with Crippen molar-refractivity contribution in [3.63, 3.8) is 0 Å². The maximum absolute atomic E-state index is 12.4. The van der Waals surface area contributed by atoms with E-state index in [2.05, 4.69) is 20.9 Å². The molecular weight excluding hydrogens is 326 g/mol. The van der Waals surface area contributed by atoms with Gasteiger partial charge in [-0.05, 0) is 34.5 Å². The van der Waals surface area contributed by atoms with Crippen molar-refractivity contribution in [1.29, 1.82) is 0 Å². The molecule has 24 heavy (non-hydrogen) atoms. The summed E-state index contributed by atoms with van der Waals surface area (Å²) in [4.78, 5) is 14.2. The molecule has 8 heteroatoms. The predicted molar refractivity (Wildman–Crippen MR) is 89.8 cm³/mol. The molecule has 0 saturated carbocycles. The highest BCUT2D eigenvalue weighted by molar-refractivity contribution is 7.07. The van der Waals surface area contributed by atoms with Crippen LogP contribution in [-0.4, -0.2) is 45.2 Å². The summed E-state index contributed by atoms with van der Waals surface area (Å²) in [5.41, 5.74) is 1.89. The summed E-state index contributed by atoms with van der Waals surface area (Å²) in [6.45, 7) is 2.03. The number of nitrogens with one attached hydrogen (secondary N) is 1. The van der Waals surface area contributed by atoms with Crippen molar-refractivity contribution in [2.75, 3.05) is 19.7 Å². The number of aromatic nitrogens is 3. The Morgan fingerprint density at radius 2 is 2.33 bits per heavy atom. The van der Waals surface area contributed by atoms with Gasteiger partial charge in [-0.3, -0.25) is 4.40 Å². The topological polar surface area (TPSA) is 71.8 Å². The van der Waals surface area contributed by atoms with Gasteiger partial charge in [-0.1, -0.05) is 6.07 Å². The van der Waals surface area contributed by atoms with Crippen molar-refractivity contribution in [3.05, 3.63) is 52.6 Å². The van der Waals surface area contributed by atoms with Crippen LogP contribution in [0.4, 0.5) is 4.79 Å². The van der Waals surface area contributed by atoms with Crippen LogP contribution in [0.15, 0.2) is 41.2 Å². The second-order valence-corrected chi connectivity index (χ2v) is 6.35. The number of fused-ring (bicyclic) bond motifs is 1. The van der Waals surface area contributed by atoms with Gasteiger partial charge in [0.25, 0.3) is 0 Å². The molecule has 0 radical (unpaired) electrons. The van der Waals surface area contributed by atoms with Gasteiger partial charge in [0.1, 0.15) is 6.10 Å². The van der Waals surface area contributed by atoms with Gasteiger partial charge in [-0.15, -0.1) is 10.2 Å². The number of hydrogen-bond donors (Lipinski definition) is 1. The third kappa shape index (κ3) is 2.98. The normalized spacial score (nSPS) is 18.0. The van der Waals surface area contributed by atoms with E-state index in [-0.39, 0.29) is 12.1 Å².